The van der Waals surface area contributed by atoms with Crippen LogP contribution in [-0.2, 0) is 0 Å². The predicted molar refractivity (Wildman–Crippen MR) is 98.2 cm³/mol. The first-order valence-corrected chi connectivity index (χ1v) is 8.76. The molecule has 3 nitrogen and oxygen atoms in total. The molecule has 2 aromatic carbocycles. The number of rotatable bonds is 3. The number of aromatic hydroxyl groups is 2. The molecule has 124 valence electrons. The van der Waals surface area contributed by atoms with Gasteiger partial charge in [0.15, 0.2) is 0 Å². The van der Waals surface area contributed by atoms with E-state index in [-0.39, 0.29) is 17.4 Å². The van der Waals surface area contributed by atoms with Crippen LogP contribution in [0.1, 0.15) is 44.3 Å². The molecule has 1 heterocycles. The Morgan fingerprint density at radius 3 is 1.75 bits per heavy atom. The van der Waals surface area contributed by atoms with Gasteiger partial charge in [-0.2, -0.15) is 0 Å². The van der Waals surface area contributed by atoms with Crippen LogP contribution in [0.3, 0.4) is 0 Å². The lowest BCUT2D eigenvalue weighted by Gasteiger charge is -2.21. The third kappa shape index (κ3) is 2.89. The Morgan fingerprint density at radius 1 is 0.833 bits per heavy atom. The Hall–Kier alpha value is -2.33. The molecule has 0 amide bonds. The second-order valence-corrected chi connectivity index (χ2v) is 7.27. The highest BCUT2D eigenvalue weighted by atomic mass is 32.1. The van der Waals surface area contributed by atoms with Gasteiger partial charge in [0.05, 0.1) is 5.92 Å². The lowest BCUT2D eigenvalue weighted by atomic mass is 9.86. The van der Waals surface area contributed by atoms with Crippen LogP contribution in [-0.4, -0.2) is 15.2 Å². The highest BCUT2D eigenvalue weighted by Crippen LogP contribution is 2.43. The van der Waals surface area contributed by atoms with Gasteiger partial charge in [0.1, 0.15) is 16.5 Å². The maximum Gasteiger partial charge on any atom is 0.122 e. The van der Waals surface area contributed by atoms with Crippen molar-refractivity contribution in [3.05, 3.63) is 74.2 Å². The van der Waals surface area contributed by atoms with Crippen LogP contribution in [0.15, 0.2) is 35.8 Å². The summed E-state index contributed by atoms with van der Waals surface area (Å²) in [6.07, 6.45) is 1.76. The van der Waals surface area contributed by atoms with Crippen molar-refractivity contribution < 1.29 is 10.2 Å². The van der Waals surface area contributed by atoms with Gasteiger partial charge < -0.3 is 10.2 Å². The minimum Gasteiger partial charge on any atom is -0.507 e. The maximum atomic E-state index is 10.7. The molecule has 0 atom stereocenters. The van der Waals surface area contributed by atoms with Gasteiger partial charge in [-0.25, -0.2) is 4.98 Å². The van der Waals surface area contributed by atoms with E-state index < -0.39 is 0 Å². The molecule has 4 heteroatoms. The first kappa shape index (κ1) is 16.5. The zero-order chi connectivity index (χ0) is 17.4. The Bertz CT molecular complexity index is 828. The van der Waals surface area contributed by atoms with Gasteiger partial charge in [0.25, 0.3) is 0 Å². The lowest BCUT2D eigenvalue weighted by molar-refractivity contribution is 0.454. The molecule has 0 spiro atoms. The number of phenolic OH excluding ortho intramolecular Hbond substituents is 2. The van der Waals surface area contributed by atoms with Crippen LogP contribution in [0.4, 0.5) is 0 Å². The molecule has 0 saturated heterocycles. The van der Waals surface area contributed by atoms with Crippen molar-refractivity contribution >= 4 is 11.3 Å². The third-order valence-electron chi connectivity index (χ3n) is 4.27. The van der Waals surface area contributed by atoms with E-state index >= 15 is 0 Å². The van der Waals surface area contributed by atoms with Crippen molar-refractivity contribution in [2.45, 2.75) is 33.6 Å². The second-order valence-electron chi connectivity index (χ2n) is 6.34. The fourth-order valence-electron chi connectivity index (χ4n) is 3.24. The molecule has 0 aliphatic rings. The summed E-state index contributed by atoms with van der Waals surface area (Å²) in [6.45, 7) is 7.81. The van der Waals surface area contributed by atoms with Crippen molar-refractivity contribution in [1.82, 2.24) is 4.98 Å². The van der Waals surface area contributed by atoms with Gasteiger partial charge in [-0.05, 0) is 38.8 Å². The fourth-order valence-corrected chi connectivity index (χ4v) is 4.01. The van der Waals surface area contributed by atoms with E-state index in [1.54, 1.807) is 6.20 Å². The van der Waals surface area contributed by atoms with Crippen molar-refractivity contribution in [3.8, 4) is 11.5 Å². The summed E-state index contributed by atoms with van der Waals surface area (Å²) < 4.78 is 0. The highest BCUT2D eigenvalue weighted by molar-refractivity contribution is 7.09. The van der Waals surface area contributed by atoms with Crippen molar-refractivity contribution in [3.63, 3.8) is 0 Å². The maximum absolute atomic E-state index is 10.7. The SMILES string of the molecule is Cc1cc(C)c(O)c(C(c2nccs2)c2cc(C)cc(C)c2O)c1. The zero-order valence-corrected chi connectivity index (χ0v) is 15.1. The number of hydrogen-bond donors (Lipinski definition) is 2. The molecule has 0 unspecified atom stereocenters. The smallest absolute Gasteiger partial charge is 0.122 e. The summed E-state index contributed by atoms with van der Waals surface area (Å²) >= 11 is 1.53. The number of hydrogen-bond acceptors (Lipinski definition) is 4. The summed E-state index contributed by atoms with van der Waals surface area (Å²) in [5.74, 6) is 0.237. The number of phenols is 2. The van der Waals surface area contributed by atoms with Crippen molar-refractivity contribution in [1.29, 1.82) is 0 Å². The molecule has 0 saturated carbocycles. The van der Waals surface area contributed by atoms with Gasteiger partial charge in [-0.15, -0.1) is 11.3 Å². The van der Waals surface area contributed by atoms with E-state index in [9.17, 15) is 10.2 Å². The average molecular weight is 339 g/mol. The van der Waals surface area contributed by atoms with Gasteiger partial charge in [0, 0.05) is 22.7 Å². The Labute approximate surface area is 146 Å². The normalized spacial score (nSPS) is 11.2. The molecule has 0 bridgehead atoms. The molecule has 0 aliphatic carbocycles. The monoisotopic (exact) mass is 339 g/mol. The molecule has 0 aliphatic heterocycles. The number of aryl methyl sites for hydroxylation is 4. The van der Waals surface area contributed by atoms with Gasteiger partial charge in [-0.3, -0.25) is 0 Å². The van der Waals surface area contributed by atoms with E-state index in [1.807, 2.05) is 57.3 Å². The van der Waals surface area contributed by atoms with Gasteiger partial charge in [0.2, 0.25) is 0 Å². The summed E-state index contributed by atoms with van der Waals surface area (Å²) in [7, 11) is 0. The largest absolute Gasteiger partial charge is 0.507 e. The van der Waals surface area contributed by atoms with Crippen molar-refractivity contribution in [2.75, 3.05) is 0 Å². The van der Waals surface area contributed by atoms with Crippen LogP contribution >= 0.6 is 11.3 Å². The van der Waals surface area contributed by atoms with Crippen LogP contribution in [0, 0.1) is 27.7 Å². The number of nitrogens with zero attached hydrogens (tertiary/aromatic N) is 1. The minimum absolute atomic E-state index is 0.263. The molecule has 2 N–H and O–H groups in total. The summed E-state index contributed by atoms with van der Waals surface area (Å²) in [5.41, 5.74) is 5.37. The first-order chi connectivity index (χ1) is 11.4. The van der Waals surface area contributed by atoms with Crippen LogP contribution < -0.4 is 0 Å². The molecule has 1 aromatic heterocycles. The number of benzene rings is 2. The standard InChI is InChI=1S/C20H21NO2S/c1-11-7-13(3)18(22)15(9-11)17(20-21-5-6-24-20)16-10-12(2)8-14(4)19(16)23/h5-10,17,22-23H,1-4H3. The summed E-state index contributed by atoms with van der Waals surface area (Å²) in [6, 6.07) is 7.87. The van der Waals surface area contributed by atoms with Gasteiger partial charge >= 0.3 is 0 Å². The minimum atomic E-state index is -0.290. The first-order valence-electron chi connectivity index (χ1n) is 7.88. The van der Waals surface area contributed by atoms with E-state index in [2.05, 4.69) is 4.98 Å². The summed E-state index contributed by atoms with van der Waals surface area (Å²) in [4.78, 5) is 4.47. The topological polar surface area (TPSA) is 53.4 Å². The second kappa shape index (κ2) is 6.29. The Morgan fingerprint density at radius 2 is 1.33 bits per heavy atom. The Kier molecular flexibility index (Phi) is 4.33. The van der Waals surface area contributed by atoms with E-state index in [4.69, 9.17) is 0 Å². The van der Waals surface area contributed by atoms with Crippen LogP contribution in [0.5, 0.6) is 11.5 Å². The third-order valence-corrected chi connectivity index (χ3v) is 5.11. The van der Waals surface area contributed by atoms with E-state index in [0.29, 0.717) is 0 Å². The zero-order valence-electron chi connectivity index (χ0n) is 14.3. The molecular formula is C20H21NO2S. The molecule has 3 rings (SSSR count). The van der Waals surface area contributed by atoms with Crippen LogP contribution in [0.2, 0.25) is 0 Å². The van der Waals surface area contributed by atoms with Crippen LogP contribution in [0.25, 0.3) is 0 Å². The lowest BCUT2D eigenvalue weighted by Crippen LogP contribution is -2.06. The number of thiazole rings is 1. The molecule has 0 radical (unpaired) electrons. The quantitative estimate of drug-likeness (QED) is 0.708. The molecule has 3 aromatic rings. The van der Waals surface area contributed by atoms with E-state index in [0.717, 1.165) is 38.4 Å². The fraction of sp³-hybridized carbons (Fsp3) is 0.250. The predicted octanol–water partition coefficient (Wildman–Crippen LogP) is 4.97. The van der Waals surface area contributed by atoms with Gasteiger partial charge in [-0.1, -0.05) is 35.4 Å². The van der Waals surface area contributed by atoms with E-state index in [1.165, 1.54) is 11.3 Å². The average Bonchev–Trinajstić information content (AvgIpc) is 3.03. The molecule has 0 fully saturated rings. The molecular weight excluding hydrogens is 318 g/mol. The summed E-state index contributed by atoms with van der Waals surface area (Å²) in [5, 5.41) is 24.1. The molecule has 24 heavy (non-hydrogen) atoms. The highest BCUT2D eigenvalue weighted by Gasteiger charge is 2.26. The Balaban J connectivity index is 2.32. The number of aromatic nitrogens is 1. The van der Waals surface area contributed by atoms with Crippen molar-refractivity contribution in [2.24, 2.45) is 0 Å².